The van der Waals surface area contributed by atoms with E-state index in [2.05, 4.69) is 54.0 Å². The van der Waals surface area contributed by atoms with E-state index in [-0.39, 0.29) is 17.9 Å². The number of likely N-dealkylation sites (tertiary alicyclic amines) is 1. The minimum absolute atomic E-state index is 0. The summed E-state index contributed by atoms with van der Waals surface area (Å²) in [6, 6.07) is 11.3. The molecule has 27 heavy (non-hydrogen) atoms. The minimum Gasteiger partial charge on any atom is -0.358 e. The normalized spacial score (nSPS) is 28.6. The largest absolute Gasteiger partial charge is 0.358 e. The standard InChI is InChI=1S/C23H34N2O.ClH/c1-18(2)19-8-10-20(11-9-19)24-16-13-23(14-17-24)22(26)12-15-25(23)21-6-4-3-5-7-21;/h3-7,18-20H,8-17H2,1-2H3;1H/t19-,20+;. The van der Waals surface area contributed by atoms with Crippen LogP contribution in [0.1, 0.15) is 58.8 Å². The first-order chi connectivity index (χ1) is 12.6. The predicted molar refractivity (Wildman–Crippen MR) is 115 cm³/mol. The number of anilines is 1. The second-order valence-electron chi connectivity index (χ2n) is 9.04. The van der Waals surface area contributed by atoms with Crippen LogP contribution in [0.3, 0.4) is 0 Å². The van der Waals surface area contributed by atoms with Gasteiger partial charge in [-0.2, -0.15) is 0 Å². The number of halogens is 1. The van der Waals surface area contributed by atoms with Gasteiger partial charge in [0, 0.05) is 37.8 Å². The van der Waals surface area contributed by atoms with Crippen LogP contribution in [0, 0.1) is 11.8 Å². The first-order valence-corrected chi connectivity index (χ1v) is 10.7. The van der Waals surface area contributed by atoms with Crippen molar-refractivity contribution in [1.82, 2.24) is 4.90 Å². The Morgan fingerprint density at radius 3 is 2.19 bits per heavy atom. The summed E-state index contributed by atoms with van der Waals surface area (Å²) in [5, 5.41) is 0. The Labute approximate surface area is 170 Å². The van der Waals surface area contributed by atoms with Crippen LogP contribution < -0.4 is 4.90 Å². The van der Waals surface area contributed by atoms with Gasteiger partial charge in [0.05, 0.1) is 0 Å². The number of rotatable bonds is 3. The lowest BCUT2D eigenvalue weighted by Gasteiger charge is -2.48. The Morgan fingerprint density at radius 2 is 1.59 bits per heavy atom. The van der Waals surface area contributed by atoms with Crippen LogP contribution in [0.2, 0.25) is 0 Å². The zero-order valence-electron chi connectivity index (χ0n) is 16.9. The van der Waals surface area contributed by atoms with Gasteiger partial charge in [-0.15, -0.1) is 12.4 Å². The van der Waals surface area contributed by atoms with Crippen molar-refractivity contribution in [3.05, 3.63) is 30.3 Å². The minimum atomic E-state index is -0.229. The third-order valence-corrected chi connectivity index (χ3v) is 7.49. The van der Waals surface area contributed by atoms with Crippen molar-refractivity contribution in [3.8, 4) is 0 Å². The maximum absolute atomic E-state index is 12.9. The van der Waals surface area contributed by atoms with E-state index >= 15 is 0 Å². The van der Waals surface area contributed by atoms with Gasteiger partial charge in [-0.25, -0.2) is 0 Å². The van der Waals surface area contributed by atoms with E-state index in [1.54, 1.807) is 0 Å². The van der Waals surface area contributed by atoms with E-state index < -0.39 is 0 Å². The molecule has 0 radical (unpaired) electrons. The molecule has 1 spiro atoms. The van der Waals surface area contributed by atoms with E-state index in [4.69, 9.17) is 0 Å². The Bertz CT molecular complexity index is 617. The van der Waals surface area contributed by atoms with E-state index in [1.165, 1.54) is 31.4 Å². The summed E-state index contributed by atoms with van der Waals surface area (Å²) in [6.45, 7) is 7.82. The lowest BCUT2D eigenvalue weighted by molar-refractivity contribution is -0.123. The molecule has 4 heteroatoms. The zero-order valence-corrected chi connectivity index (χ0v) is 17.7. The third kappa shape index (κ3) is 3.91. The summed E-state index contributed by atoms with van der Waals surface area (Å²) in [4.78, 5) is 18.0. The summed E-state index contributed by atoms with van der Waals surface area (Å²) in [6.07, 6.45) is 8.21. The number of ketones is 1. The molecule has 0 atom stereocenters. The number of para-hydroxylation sites is 1. The molecule has 0 bridgehead atoms. The fraction of sp³-hybridized carbons (Fsp3) is 0.696. The summed E-state index contributed by atoms with van der Waals surface area (Å²) in [5.74, 6) is 2.23. The summed E-state index contributed by atoms with van der Waals surface area (Å²) in [5.41, 5.74) is 0.997. The smallest absolute Gasteiger partial charge is 0.160 e. The highest BCUT2D eigenvalue weighted by atomic mass is 35.5. The fourth-order valence-corrected chi connectivity index (χ4v) is 5.74. The molecule has 4 rings (SSSR count). The van der Waals surface area contributed by atoms with E-state index in [1.807, 2.05) is 0 Å². The molecule has 2 aliphatic heterocycles. The van der Waals surface area contributed by atoms with Gasteiger partial charge >= 0.3 is 0 Å². The molecule has 2 saturated heterocycles. The lowest BCUT2D eigenvalue weighted by atomic mass is 9.77. The van der Waals surface area contributed by atoms with Gasteiger partial charge in [0.2, 0.25) is 0 Å². The molecule has 3 aliphatic rings. The molecular weight excluding hydrogens is 356 g/mol. The van der Waals surface area contributed by atoms with Crippen molar-refractivity contribution in [1.29, 1.82) is 0 Å². The number of hydrogen-bond donors (Lipinski definition) is 0. The number of benzene rings is 1. The topological polar surface area (TPSA) is 23.6 Å². The molecule has 1 aliphatic carbocycles. The van der Waals surface area contributed by atoms with Gasteiger partial charge in [0.1, 0.15) is 5.54 Å². The SMILES string of the molecule is CC(C)[C@H]1CC[C@@H](N2CCC3(CC2)C(=O)CCN3c2ccccc2)CC1.Cl. The van der Waals surface area contributed by atoms with Gasteiger partial charge in [-0.3, -0.25) is 4.79 Å². The molecule has 3 nitrogen and oxygen atoms in total. The second kappa shape index (κ2) is 8.53. The summed E-state index contributed by atoms with van der Waals surface area (Å²) in [7, 11) is 0. The highest BCUT2D eigenvalue weighted by Gasteiger charge is 2.50. The van der Waals surface area contributed by atoms with Crippen LogP contribution in [-0.2, 0) is 4.79 Å². The number of carbonyl (C=O) groups is 1. The van der Waals surface area contributed by atoms with Crippen LogP contribution >= 0.6 is 12.4 Å². The van der Waals surface area contributed by atoms with Crippen molar-refractivity contribution >= 4 is 23.9 Å². The molecule has 1 aromatic rings. The highest BCUT2D eigenvalue weighted by Crippen LogP contribution is 2.41. The molecule has 3 fully saturated rings. The average molecular weight is 391 g/mol. The van der Waals surface area contributed by atoms with Gasteiger partial charge in [-0.05, 0) is 62.5 Å². The number of piperidine rings is 1. The zero-order chi connectivity index (χ0) is 18.1. The van der Waals surface area contributed by atoms with Crippen LogP contribution in [0.5, 0.6) is 0 Å². The number of carbonyl (C=O) groups excluding carboxylic acids is 1. The Kier molecular flexibility index (Phi) is 6.53. The van der Waals surface area contributed by atoms with Gasteiger partial charge in [0.25, 0.3) is 0 Å². The van der Waals surface area contributed by atoms with Crippen LogP contribution in [0.25, 0.3) is 0 Å². The quantitative estimate of drug-likeness (QED) is 0.730. The molecule has 0 aromatic heterocycles. The van der Waals surface area contributed by atoms with E-state index in [0.29, 0.717) is 12.2 Å². The molecular formula is C23H35ClN2O. The van der Waals surface area contributed by atoms with Crippen molar-refractivity contribution in [2.45, 2.75) is 70.4 Å². The predicted octanol–water partition coefficient (Wildman–Crippen LogP) is 4.94. The Hall–Kier alpha value is -1.06. The van der Waals surface area contributed by atoms with Crippen molar-refractivity contribution in [3.63, 3.8) is 0 Å². The fourth-order valence-electron chi connectivity index (χ4n) is 5.74. The number of hydrogen-bond acceptors (Lipinski definition) is 3. The molecule has 1 saturated carbocycles. The van der Waals surface area contributed by atoms with Crippen LogP contribution in [0.15, 0.2) is 30.3 Å². The maximum Gasteiger partial charge on any atom is 0.160 e. The number of nitrogens with zero attached hydrogens (tertiary/aromatic N) is 2. The molecule has 0 unspecified atom stereocenters. The second-order valence-corrected chi connectivity index (χ2v) is 9.04. The third-order valence-electron chi connectivity index (χ3n) is 7.49. The van der Waals surface area contributed by atoms with Gasteiger partial charge in [-0.1, -0.05) is 32.0 Å². The summed E-state index contributed by atoms with van der Waals surface area (Å²) < 4.78 is 0. The maximum atomic E-state index is 12.9. The highest BCUT2D eigenvalue weighted by molar-refractivity contribution is 5.95. The van der Waals surface area contributed by atoms with E-state index in [0.717, 1.165) is 50.4 Å². The van der Waals surface area contributed by atoms with Crippen molar-refractivity contribution in [2.24, 2.45) is 11.8 Å². The van der Waals surface area contributed by atoms with Crippen LogP contribution in [-0.4, -0.2) is 41.9 Å². The Morgan fingerprint density at radius 1 is 0.963 bits per heavy atom. The van der Waals surface area contributed by atoms with Crippen molar-refractivity contribution < 1.29 is 4.79 Å². The summed E-state index contributed by atoms with van der Waals surface area (Å²) >= 11 is 0. The number of Topliss-reactive ketones (excluding diaryl/α,β-unsaturated/α-hetero) is 1. The molecule has 150 valence electrons. The molecule has 1 aromatic carbocycles. The lowest BCUT2D eigenvalue weighted by Crippen LogP contribution is -2.57. The Balaban J connectivity index is 0.00000210. The molecule has 0 amide bonds. The van der Waals surface area contributed by atoms with Crippen molar-refractivity contribution in [2.75, 3.05) is 24.5 Å². The molecule has 0 N–H and O–H groups in total. The average Bonchev–Trinajstić information content (AvgIpc) is 2.99. The van der Waals surface area contributed by atoms with Crippen LogP contribution in [0.4, 0.5) is 5.69 Å². The van der Waals surface area contributed by atoms with Gasteiger partial charge < -0.3 is 9.80 Å². The first-order valence-electron chi connectivity index (χ1n) is 10.7. The monoisotopic (exact) mass is 390 g/mol. The van der Waals surface area contributed by atoms with Gasteiger partial charge in [0.15, 0.2) is 5.78 Å². The van der Waals surface area contributed by atoms with E-state index in [9.17, 15) is 4.79 Å². The first kappa shape index (κ1) is 20.7. The molecule has 2 heterocycles.